The Labute approximate surface area is 188 Å². The Bertz CT molecular complexity index is 1060. The molecule has 0 radical (unpaired) electrons. The van der Waals surface area contributed by atoms with Gasteiger partial charge < -0.3 is 25.3 Å². The summed E-state index contributed by atoms with van der Waals surface area (Å²) >= 11 is 0. The van der Waals surface area contributed by atoms with Gasteiger partial charge in [-0.05, 0) is 41.8 Å². The average Bonchev–Trinajstić information content (AvgIpc) is 3.20. The molecule has 0 aliphatic carbocycles. The van der Waals surface area contributed by atoms with E-state index < -0.39 is 0 Å². The number of anilines is 3. The molecule has 0 saturated heterocycles. The summed E-state index contributed by atoms with van der Waals surface area (Å²) < 4.78 is 6.34. The van der Waals surface area contributed by atoms with Gasteiger partial charge in [-0.15, -0.1) is 0 Å². The lowest BCUT2D eigenvalue weighted by molar-refractivity contribution is -0.141. The highest BCUT2D eigenvalue weighted by Gasteiger charge is 2.15. The first-order valence-electron chi connectivity index (χ1n) is 10.4. The van der Waals surface area contributed by atoms with Crippen molar-refractivity contribution in [2.45, 2.75) is 32.9 Å². The van der Waals surface area contributed by atoms with Crippen LogP contribution in [0, 0.1) is 0 Å². The van der Waals surface area contributed by atoms with E-state index in [0.29, 0.717) is 23.8 Å². The van der Waals surface area contributed by atoms with Gasteiger partial charge in [0, 0.05) is 23.3 Å². The predicted octanol–water partition coefficient (Wildman–Crippen LogP) is 3.41. The number of ether oxygens (including phenoxy) is 1. The van der Waals surface area contributed by atoms with Gasteiger partial charge in [-0.1, -0.05) is 32.0 Å². The maximum atomic E-state index is 12.8. The van der Waals surface area contributed by atoms with Gasteiger partial charge in [0.25, 0.3) is 0 Å². The molecule has 0 atom stereocenters. The maximum Gasteiger partial charge on any atom is 0.325 e. The standard InChI is InChI=1S/C24H29N5O3/c1-17(2)18-7-9-20(10-8-18)27-23(30)14-29(22-6-4-5-19(25)11-22)13-21-12-28(16-26-21)15-24(31)32-3/h4-12,16-17H,13-15,25H2,1-3H3,(H,27,30). The number of nitrogen functional groups attached to an aromatic ring is 1. The summed E-state index contributed by atoms with van der Waals surface area (Å²) in [6, 6.07) is 15.2. The molecular weight excluding hydrogens is 406 g/mol. The normalized spacial score (nSPS) is 10.8. The van der Waals surface area contributed by atoms with E-state index in [4.69, 9.17) is 10.5 Å². The molecule has 0 aliphatic heterocycles. The monoisotopic (exact) mass is 435 g/mol. The number of imidazole rings is 1. The van der Waals surface area contributed by atoms with Crippen molar-refractivity contribution in [2.24, 2.45) is 0 Å². The first kappa shape index (κ1) is 22.9. The van der Waals surface area contributed by atoms with E-state index >= 15 is 0 Å². The summed E-state index contributed by atoms with van der Waals surface area (Å²) in [5.41, 5.74) is 10.0. The molecule has 2 aromatic carbocycles. The van der Waals surface area contributed by atoms with Crippen molar-refractivity contribution in [3.8, 4) is 0 Å². The first-order valence-corrected chi connectivity index (χ1v) is 10.4. The lowest BCUT2D eigenvalue weighted by Crippen LogP contribution is -2.33. The summed E-state index contributed by atoms with van der Waals surface area (Å²) in [7, 11) is 1.34. The van der Waals surface area contributed by atoms with Crippen molar-refractivity contribution >= 4 is 28.9 Å². The molecule has 1 heterocycles. The molecule has 0 aliphatic rings. The molecule has 0 bridgehead atoms. The highest BCUT2D eigenvalue weighted by molar-refractivity contribution is 5.94. The number of methoxy groups -OCH3 is 1. The minimum atomic E-state index is -0.357. The van der Waals surface area contributed by atoms with Crippen LogP contribution in [-0.4, -0.2) is 35.1 Å². The number of esters is 1. The SMILES string of the molecule is COC(=O)Cn1cnc(CN(CC(=O)Nc2ccc(C(C)C)cc2)c2cccc(N)c2)c1. The Balaban J connectivity index is 1.73. The van der Waals surface area contributed by atoms with Gasteiger partial charge in [-0.2, -0.15) is 0 Å². The second-order valence-electron chi connectivity index (χ2n) is 7.89. The Kier molecular flexibility index (Phi) is 7.49. The maximum absolute atomic E-state index is 12.8. The Morgan fingerprint density at radius 2 is 1.94 bits per heavy atom. The van der Waals surface area contributed by atoms with Crippen LogP contribution in [0.4, 0.5) is 17.1 Å². The lowest BCUT2D eigenvalue weighted by atomic mass is 10.0. The third-order valence-electron chi connectivity index (χ3n) is 5.01. The van der Waals surface area contributed by atoms with E-state index in [1.807, 2.05) is 47.4 Å². The summed E-state index contributed by atoms with van der Waals surface area (Å²) in [5, 5.41) is 2.95. The number of amides is 1. The molecule has 3 rings (SSSR count). The van der Waals surface area contributed by atoms with Crippen molar-refractivity contribution in [3.63, 3.8) is 0 Å². The molecule has 3 N–H and O–H groups in total. The minimum Gasteiger partial charge on any atom is -0.468 e. The van der Waals surface area contributed by atoms with Gasteiger partial charge >= 0.3 is 5.97 Å². The second kappa shape index (κ2) is 10.5. The van der Waals surface area contributed by atoms with E-state index in [9.17, 15) is 9.59 Å². The van der Waals surface area contributed by atoms with Crippen LogP contribution in [-0.2, 0) is 27.4 Å². The number of benzene rings is 2. The molecule has 0 spiro atoms. The van der Waals surface area contributed by atoms with E-state index in [1.165, 1.54) is 12.7 Å². The predicted molar refractivity (Wildman–Crippen MR) is 125 cm³/mol. The third-order valence-corrected chi connectivity index (χ3v) is 5.01. The molecule has 0 saturated carbocycles. The molecular formula is C24H29N5O3. The fraction of sp³-hybridized carbons (Fsp3) is 0.292. The summed E-state index contributed by atoms with van der Waals surface area (Å²) in [6.45, 7) is 4.82. The summed E-state index contributed by atoms with van der Waals surface area (Å²) in [5.74, 6) is -0.0824. The van der Waals surface area contributed by atoms with Crippen LogP contribution in [0.2, 0.25) is 0 Å². The van der Waals surface area contributed by atoms with Crippen molar-refractivity contribution in [3.05, 3.63) is 72.3 Å². The van der Waals surface area contributed by atoms with Crippen LogP contribution in [0.15, 0.2) is 61.1 Å². The number of nitrogens with two attached hydrogens (primary N) is 1. The Morgan fingerprint density at radius 1 is 1.19 bits per heavy atom. The molecule has 1 aromatic heterocycles. The first-order chi connectivity index (χ1) is 15.3. The van der Waals surface area contributed by atoms with Crippen LogP contribution in [0.5, 0.6) is 0 Å². The zero-order valence-corrected chi connectivity index (χ0v) is 18.6. The van der Waals surface area contributed by atoms with Gasteiger partial charge in [-0.3, -0.25) is 9.59 Å². The van der Waals surface area contributed by atoms with E-state index in [1.54, 1.807) is 23.2 Å². The van der Waals surface area contributed by atoms with Crippen LogP contribution < -0.4 is 16.0 Å². The van der Waals surface area contributed by atoms with Gasteiger partial charge in [0.2, 0.25) is 5.91 Å². The number of aromatic nitrogens is 2. The lowest BCUT2D eigenvalue weighted by Gasteiger charge is -2.24. The van der Waals surface area contributed by atoms with E-state index in [0.717, 1.165) is 11.4 Å². The minimum absolute atomic E-state index is 0.0780. The zero-order chi connectivity index (χ0) is 23.1. The molecule has 8 heteroatoms. The average molecular weight is 436 g/mol. The quantitative estimate of drug-likeness (QED) is 0.394. The van der Waals surface area contributed by atoms with Crippen LogP contribution in [0.25, 0.3) is 0 Å². The second-order valence-corrected chi connectivity index (χ2v) is 7.89. The van der Waals surface area contributed by atoms with Crippen LogP contribution in [0.1, 0.15) is 31.0 Å². The highest BCUT2D eigenvalue weighted by atomic mass is 16.5. The highest BCUT2D eigenvalue weighted by Crippen LogP contribution is 2.21. The van der Waals surface area contributed by atoms with Crippen LogP contribution >= 0.6 is 0 Å². The number of carbonyl (C=O) groups is 2. The smallest absolute Gasteiger partial charge is 0.325 e. The molecule has 0 unspecified atom stereocenters. The fourth-order valence-electron chi connectivity index (χ4n) is 3.27. The van der Waals surface area contributed by atoms with Crippen molar-refractivity contribution in [2.75, 3.05) is 29.6 Å². The Morgan fingerprint density at radius 3 is 2.59 bits per heavy atom. The molecule has 8 nitrogen and oxygen atoms in total. The zero-order valence-electron chi connectivity index (χ0n) is 18.6. The van der Waals surface area contributed by atoms with Crippen molar-refractivity contribution < 1.29 is 14.3 Å². The van der Waals surface area contributed by atoms with Crippen molar-refractivity contribution in [1.29, 1.82) is 0 Å². The number of rotatable bonds is 9. The molecule has 3 aromatic rings. The fourth-order valence-corrected chi connectivity index (χ4v) is 3.27. The number of nitrogens with one attached hydrogen (secondary N) is 1. The summed E-state index contributed by atoms with van der Waals surface area (Å²) in [6.07, 6.45) is 3.33. The number of nitrogens with zero attached hydrogens (tertiary/aromatic N) is 3. The van der Waals surface area contributed by atoms with Gasteiger partial charge in [0.05, 0.1) is 32.2 Å². The number of hydrogen-bond acceptors (Lipinski definition) is 6. The molecule has 32 heavy (non-hydrogen) atoms. The Hall–Kier alpha value is -3.81. The van der Waals surface area contributed by atoms with E-state index in [-0.39, 0.29) is 25.0 Å². The number of carbonyl (C=O) groups excluding carboxylic acids is 2. The molecule has 1 amide bonds. The largest absolute Gasteiger partial charge is 0.468 e. The van der Waals surface area contributed by atoms with Crippen LogP contribution in [0.3, 0.4) is 0 Å². The third kappa shape index (κ3) is 6.34. The number of hydrogen-bond donors (Lipinski definition) is 2. The van der Waals surface area contributed by atoms with Crippen molar-refractivity contribution in [1.82, 2.24) is 9.55 Å². The van der Waals surface area contributed by atoms with Gasteiger partial charge in [0.15, 0.2) is 0 Å². The summed E-state index contributed by atoms with van der Waals surface area (Å²) in [4.78, 5) is 30.6. The molecule has 168 valence electrons. The molecule has 0 fully saturated rings. The van der Waals surface area contributed by atoms with E-state index in [2.05, 4.69) is 24.1 Å². The van der Waals surface area contributed by atoms with Gasteiger partial charge in [-0.25, -0.2) is 4.98 Å². The topological polar surface area (TPSA) is 102 Å². The van der Waals surface area contributed by atoms with Gasteiger partial charge in [0.1, 0.15) is 6.54 Å².